The number of fused-ring (bicyclic) bond motifs is 1. The van der Waals surface area contributed by atoms with Gasteiger partial charge in [0.2, 0.25) is 10.0 Å². The Morgan fingerprint density at radius 1 is 1.08 bits per heavy atom. The van der Waals surface area contributed by atoms with E-state index in [1.165, 1.54) is 21.1 Å². The fourth-order valence-electron chi connectivity index (χ4n) is 4.05. The van der Waals surface area contributed by atoms with Crippen molar-refractivity contribution >= 4 is 21.1 Å². The fraction of sp³-hybridized carbons (Fsp3) is 0.560. The number of aromatic nitrogens is 4. The van der Waals surface area contributed by atoms with Crippen LogP contribution >= 0.6 is 0 Å². The lowest BCUT2D eigenvalue weighted by Crippen LogP contribution is -2.35. The number of hydrogen-bond acceptors (Lipinski definition) is 9. The van der Waals surface area contributed by atoms with E-state index in [1.54, 1.807) is 13.1 Å². The number of nitrogens with zero attached hydrogens (tertiary/aromatic N) is 4. The SMILES string of the molecule is CCCOc1ccc(S(=O)(=O)N(CCCO)CCOCCO)cc1-c1nc2c(CCC)nn(C)c2c(=O)[nH]1. The second-order valence-electron chi connectivity index (χ2n) is 8.76. The molecule has 0 unspecified atom stereocenters. The average molecular weight is 552 g/mol. The maximum atomic E-state index is 13.6. The number of aromatic amines is 1. The molecule has 38 heavy (non-hydrogen) atoms. The molecule has 0 saturated carbocycles. The van der Waals surface area contributed by atoms with Gasteiger partial charge in [-0.25, -0.2) is 13.4 Å². The highest BCUT2D eigenvalue weighted by Crippen LogP contribution is 2.32. The highest BCUT2D eigenvalue weighted by molar-refractivity contribution is 7.89. The minimum atomic E-state index is -4.01. The second kappa shape index (κ2) is 13.8. The molecule has 3 N–H and O–H groups in total. The number of hydrogen-bond donors (Lipinski definition) is 3. The standard InChI is InChI=1S/C25H37N5O7S/c1-4-7-20-22-23(29(3)28-20)25(33)27-24(26-22)19-17-18(8-9-21(19)37-14-5-2)38(34,35)30(10-6-12-31)11-15-36-16-13-32/h8-9,17,31-32H,4-7,10-16H2,1-3H3,(H,26,27,33). The van der Waals surface area contributed by atoms with Crippen molar-refractivity contribution in [3.8, 4) is 17.1 Å². The third-order valence-electron chi connectivity index (χ3n) is 5.84. The minimum Gasteiger partial charge on any atom is -0.493 e. The van der Waals surface area contributed by atoms with Crippen LogP contribution in [0.5, 0.6) is 5.75 Å². The van der Waals surface area contributed by atoms with Crippen LogP contribution in [0.3, 0.4) is 0 Å². The Bertz CT molecular complexity index is 1370. The normalized spacial score (nSPS) is 12.1. The molecule has 2 aromatic heterocycles. The van der Waals surface area contributed by atoms with Crippen LogP contribution < -0.4 is 10.3 Å². The van der Waals surface area contributed by atoms with Crippen molar-refractivity contribution in [3.63, 3.8) is 0 Å². The molecule has 0 aliphatic carbocycles. The summed E-state index contributed by atoms with van der Waals surface area (Å²) in [5.74, 6) is 0.576. The molecule has 0 saturated heterocycles. The Morgan fingerprint density at radius 2 is 1.87 bits per heavy atom. The highest BCUT2D eigenvalue weighted by Gasteiger charge is 2.26. The number of aliphatic hydroxyl groups excluding tert-OH is 2. The highest BCUT2D eigenvalue weighted by atomic mass is 32.2. The van der Waals surface area contributed by atoms with Gasteiger partial charge in [0.15, 0.2) is 5.52 Å². The quantitative estimate of drug-likeness (QED) is 0.224. The zero-order valence-corrected chi connectivity index (χ0v) is 23.0. The molecule has 0 fully saturated rings. The van der Waals surface area contributed by atoms with Gasteiger partial charge in [-0.3, -0.25) is 9.48 Å². The maximum absolute atomic E-state index is 13.6. The van der Waals surface area contributed by atoms with E-state index < -0.39 is 10.0 Å². The van der Waals surface area contributed by atoms with Crippen LogP contribution in [-0.2, 0) is 28.2 Å². The summed E-state index contributed by atoms with van der Waals surface area (Å²) in [6.45, 7) is 4.33. The minimum absolute atomic E-state index is 0.0147. The van der Waals surface area contributed by atoms with Crippen molar-refractivity contribution in [1.29, 1.82) is 0 Å². The number of sulfonamides is 1. The van der Waals surface area contributed by atoms with Crippen molar-refractivity contribution in [2.24, 2.45) is 7.05 Å². The first kappa shape index (κ1) is 29.7. The second-order valence-corrected chi connectivity index (χ2v) is 10.7. The van der Waals surface area contributed by atoms with E-state index in [4.69, 9.17) is 19.6 Å². The molecule has 12 nitrogen and oxygen atoms in total. The molecule has 2 heterocycles. The van der Waals surface area contributed by atoms with Gasteiger partial charge in [-0.1, -0.05) is 20.3 Å². The summed E-state index contributed by atoms with van der Waals surface area (Å²) in [5, 5.41) is 22.7. The maximum Gasteiger partial charge on any atom is 0.277 e. The summed E-state index contributed by atoms with van der Waals surface area (Å²) in [7, 11) is -2.32. The zero-order chi connectivity index (χ0) is 27.7. The van der Waals surface area contributed by atoms with Gasteiger partial charge >= 0.3 is 0 Å². The van der Waals surface area contributed by atoms with Crippen LogP contribution in [0, 0.1) is 0 Å². The third-order valence-corrected chi connectivity index (χ3v) is 7.74. The first-order valence-corrected chi connectivity index (χ1v) is 14.2. The predicted octanol–water partition coefficient (Wildman–Crippen LogP) is 1.45. The van der Waals surface area contributed by atoms with Gasteiger partial charge < -0.3 is 24.7 Å². The molecule has 0 spiro atoms. The van der Waals surface area contributed by atoms with Crippen LogP contribution in [0.2, 0.25) is 0 Å². The van der Waals surface area contributed by atoms with Crippen LogP contribution in [-0.4, -0.2) is 88.8 Å². The van der Waals surface area contributed by atoms with Gasteiger partial charge in [0.25, 0.3) is 5.56 Å². The van der Waals surface area contributed by atoms with E-state index >= 15 is 0 Å². The van der Waals surface area contributed by atoms with Crippen LogP contribution in [0.15, 0.2) is 27.9 Å². The molecule has 1 aromatic carbocycles. The first-order valence-electron chi connectivity index (χ1n) is 12.8. The van der Waals surface area contributed by atoms with Gasteiger partial charge in [-0.2, -0.15) is 9.40 Å². The monoisotopic (exact) mass is 551 g/mol. The van der Waals surface area contributed by atoms with Gasteiger partial charge in [0.1, 0.15) is 17.1 Å². The topological polar surface area (TPSA) is 160 Å². The largest absolute Gasteiger partial charge is 0.493 e. The molecule has 0 amide bonds. The van der Waals surface area contributed by atoms with Gasteiger partial charge in [0.05, 0.1) is 42.6 Å². The number of ether oxygens (including phenoxy) is 2. The Morgan fingerprint density at radius 3 is 2.55 bits per heavy atom. The number of benzene rings is 1. The Hall–Kier alpha value is -2.84. The lowest BCUT2D eigenvalue weighted by molar-refractivity contribution is 0.0848. The molecule has 3 rings (SSSR count). The molecular formula is C25H37N5O7S. The van der Waals surface area contributed by atoms with E-state index in [1.807, 2.05) is 13.8 Å². The summed E-state index contributed by atoms with van der Waals surface area (Å²) in [6, 6.07) is 4.46. The molecule has 210 valence electrons. The number of nitrogens with one attached hydrogen (secondary N) is 1. The Labute approximate surface area is 222 Å². The van der Waals surface area contributed by atoms with Crippen LogP contribution in [0.4, 0.5) is 0 Å². The molecule has 0 aliphatic heterocycles. The van der Waals surface area contributed by atoms with E-state index in [2.05, 4.69) is 10.1 Å². The Balaban J connectivity index is 2.12. The number of aliphatic hydroxyl groups is 2. The summed E-state index contributed by atoms with van der Waals surface area (Å²) in [4.78, 5) is 20.5. The van der Waals surface area contributed by atoms with Crippen molar-refractivity contribution in [2.75, 3.05) is 46.1 Å². The smallest absolute Gasteiger partial charge is 0.277 e. The van der Waals surface area contributed by atoms with Gasteiger partial charge in [-0.15, -0.1) is 0 Å². The summed E-state index contributed by atoms with van der Waals surface area (Å²) in [5.41, 5.74) is 1.45. The van der Waals surface area contributed by atoms with Crippen molar-refractivity contribution < 1.29 is 28.1 Å². The molecule has 3 aromatic rings. The lowest BCUT2D eigenvalue weighted by Gasteiger charge is -2.22. The van der Waals surface area contributed by atoms with E-state index in [0.29, 0.717) is 41.1 Å². The molecule has 0 aliphatic rings. The molecule has 0 bridgehead atoms. The summed E-state index contributed by atoms with van der Waals surface area (Å²) >= 11 is 0. The van der Waals surface area contributed by atoms with Gasteiger partial charge in [0, 0.05) is 26.7 Å². The fourth-order valence-corrected chi connectivity index (χ4v) is 5.54. The zero-order valence-electron chi connectivity index (χ0n) is 22.1. The van der Waals surface area contributed by atoms with Crippen LogP contribution in [0.1, 0.15) is 38.8 Å². The number of H-pyrrole nitrogens is 1. The molecule has 13 heteroatoms. The number of rotatable bonds is 16. The molecular weight excluding hydrogens is 514 g/mol. The molecule has 0 atom stereocenters. The average Bonchev–Trinajstić information content (AvgIpc) is 3.22. The number of aryl methyl sites for hydroxylation is 2. The van der Waals surface area contributed by atoms with E-state index in [9.17, 15) is 18.3 Å². The predicted molar refractivity (Wildman–Crippen MR) is 143 cm³/mol. The van der Waals surface area contributed by atoms with E-state index in [0.717, 1.165) is 12.8 Å². The Kier molecular flexibility index (Phi) is 10.8. The van der Waals surface area contributed by atoms with Gasteiger partial charge in [-0.05, 0) is 37.5 Å². The third kappa shape index (κ3) is 6.77. The van der Waals surface area contributed by atoms with Crippen LogP contribution in [0.25, 0.3) is 22.4 Å². The summed E-state index contributed by atoms with van der Waals surface area (Å²) in [6.07, 6.45) is 2.43. The van der Waals surface area contributed by atoms with E-state index in [-0.39, 0.29) is 62.2 Å². The lowest BCUT2D eigenvalue weighted by atomic mass is 10.1. The van der Waals surface area contributed by atoms with Crippen molar-refractivity contribution in [3.05, 3.63) is 34.2 Å². The summed E-state index contributed by atoms with van der Waals surface area (Å²) < 4.78 is 41.1. The van der Waals surface area contributed by atoms with Crippen molar-refractivity contribution in [2.45, 2.75) is 44.4 Å². The first-order chi connectivity index (χ1) is 18.3. The molecule has 0 radical (unpaired) electrons. The van der Waals surface area contributed by atoms with Crippen molar-refractivity contribution in [1.82, 2.24) is 24.1 Å².